The lowest BCUT2D eigenvalue weighted by molar-refractivity contribution is -0.128. The Morgan fingerprint density at radius 2 is 1.83 bits per heavy atom. The van der Waals surface area contributed by atoms with Crippen molar-refractivity contribution in [2.45, 2.75) is 27.2 Å². The summed E-state index contributed by atoms with van der Waals surface area (Å²) >= 11 is 11.7. The average molecular weight is 361 g/mol. The zero-order chi connectivity index (χ0) is 17.5. The molecule has 0 aliphatic rings. The molecule has 128 valence electrons. The lowest BCUT2D eigenvalue weighted by Crippen LogP contribution is -2.37. The highest BCUT2D eigenvalue weighted by molar-refractivity contribution is 6.35. The van der Waals surface area contributed by atoms with Crippen LogP contribution in [-0.4, -0.2) is 36.4 Å². The molecule has 1 rings (SSSR count). The molecule has 0 aromatic carbocycles. The molecule has 0 bridgehead atoms. The number of amides is 2. The van der Waals surface area contributed by atoms with Gasteiger partial charge in [-0.1, -0.05) is 44.0 Å². The summed E-state index contributed by atoms with van der Waals surface area (Å²) in [4.78, 5) is 27.3. The van der Waals surface area contributed by atoms with Crippen LogP contribution in [0.3, 0.4) is 0 Å². The van der Waals surface area contributed by atoms with E-state index in [1.54, 1.807) is 6.07 Å². The van der Waals surface area contributed by atoms with E-state index in [1.807, 2.05) is 20.8 Å². The highest BCUT2D eigenvalue weighted by Crippen LogP contribution is 2.21. The van der Waals surface area contributed by atoms with Crippen molar-refractivity contribution in [3.05, 3.63) is 22.3 Å². The van der Waals surface area contributed by atoms with Crippen LogP contribution in [0, 0.1) is 5.41 Å². The topological polar surface area (TPSA) is 83.1 Å². The number of hydrogen-bond donors (Lipinski definition) is 3. The molecule has 0 saturated carbocycles. The van der Waals surface area contributed by atoms with E-state index in [-0.39, 0.29) is 18.2 Å². The Kier molecular flexibility index (Phi) is 7.58. The lowest BCUT2D eigenvalue weighted by Gasteiger charge is -2.17. The maximum atomic E-state index is 11.6. The van der Waals surface area contributed by atoms with Crippen molar-refractivity contribution in [3.8, 4) is 0 Å². The summed E-state index contributed by atoms with van der Waals surface area (Å²) in [6, 6.07) is 1.59. The van der Waals surface area contributed by atoms with Gasteiger partial charge in [-0.15, -0.1) is 0 Å². The molecule has 0 aliphatic heterocycles. The second kappa shape index (κ2) is 8.93. The first-order valence-corrected chi connectivity index (χ1v) is 8.05. The zero-order valence-corrected chi connectivity index (χ0v) is 15.0. The van der Waals surface area contributed by atoms with Crippen LogP contribution < -0.4 is 16.0 Å². The number of aromatic nitrogens is 1. The molecular formula is C15H22Cl2N4O2. The standard InChI is InChI=1S/C15H22Cl2N4O2/c1-15(2,3)14(23)20-5-4-12(22)18-6-7-19-13-11(17)8-10(16)9-21-13/h8-9H,4-7H2,1-3H3,(H,18,22)(H,19,21)(H,20,23). The van der Waals surface area contributed by atoms with Crippen LogP contribution in [0.25, 0.3) is 0 Å². The first-order valence-electron chi connectivity index (χ1n) is 7.30. The Hall–Kier alpha value is -1.53. The number of pyridine rings is 1. The van der Waals surface area contributed by atoms with Crippen molar-refractivity contribution in [3.63, 3.8) is 0 Å². The van der Waals surface area contributed by atoms with Gasteiger partial charge in [0, 0.05) is 37.7 Å². The van der Waals surface area contributed by atoms with Crippen LogP contribution >= 0.6 is 23.2 Å². The van der Waals surface area contributed by atoms with Crippen LogP contribution in [0.2, 0.25) is 10.0 Å². The molecule has 8 heteroatoms. The van der Waals surface area contributed by atoms with E-state index in [0.29, 0.717) is 35.5 Å². The molecule has 0 spiro atoms. The fourth-order valence-electron chi connectivity index (χ4n) is 1.57. The van der Waals surface area contributed by atoms with Gasteiger partial charge in [0.2, 0.25) is 11.8 Å². The Morgan fingerprint density at radius 1 is 1.13 bits per heavy atom. The minimum atomic E-state index is -0.453. The fourth-order valence-corrected chi connectivity index (χ4v) is 2.02. The highest BCUT2D eigenvalue weighted by atomic mass is 35.5. The number of carbonyl (C=O) groups excluding carboxylic acids is 2. The predicted molar refractivity (Wildman–Crippen MR) is 92.8 cm³/mol. The smallest absolute Gasteiger partial charge is 0.225 e. The van der Waals surface area contributed by atoms with E-state index in [4.69, 9.17) is 23.2 Å². The lowest BCUT2D eigenvalue weighted by atomic mass is 9.96. The van der Waals surface area contributed by atoms with Crippen molar-refractivity contribution < 1.29 is 9.59 Å². The molecule has 6 nitrogen and oxygen atoms in total. The van der Waals surface area contributed by atoms with E-state index < -0.39 is 5.41 Å². The number of nitrogens with zero attached hydrogens (tertiary/aromatic N) is 1. The third-order valence-electron chi connectivity index (χ3n) is 2.87. The molecule has 0 fully saturated rings. The summed E-state index contributed by atoms with van der Waals surface area (Å²) < 4.78 is 0. The SMILES string of the molecule is CC(C)(C)C(=O)NCCC(=O)NCCNc1ncc(Cl)cc1Cl. The van der Waals surface area contributed by atoms with Gasteiger partial charge in [0.1, 0.15) is 5.82 Å². The van der Waals surface area contributed by atoms with Gasteiger partial charge in [-0.3, -0.25) is 9.59 Å². The normalized spacial score (nSPS) is 11.0. The Labute approximate surface area is 146 Å². The number of hydrogen-bond acceptors (Lipinski definition) is 4. The largest absolute Gasteiger partial charge is 0.367 e. The van der Waals surface area contributed by atoms with E-state index in [2.05, 4.69) is 20.9 Å². The number of rotatable bonds is 7. The molecule has 2 amide bonds. The third-order valence-corrected chi connectivity index (χ3v) is 3.36. The van der Waals surface area contributed by atoms with Crippen molar-refractivity contribution in [2.24, 2.45) is 5.41 Å². The summed E-state index contributed by atoms with van der Waals surface area (Å²) in [5.41, 5.74) is -0.453. The van der Waals surface area contributed by atoms with Gasteiger partial charge < -0.3 is 16.0 Å². The van der Waals surface area contributed by atoms with Crippen LogP contribution in [0.1, 0.15) is 27.2 Å². The summed E-state index contributed by atoms with van der Waals surface area (Å²) in [6.07, 6.45) is 1.73. The van der Waals surface area contributed by atoms with Crippen LogP contribution in [0.4, 0.5) is 5.82 Å². The van der Waals surface area contributed by atoms with Gasteiger partial charge in [0.05, 0.1) is 10.0 Å². The monoisotopic (exact) mass is 360 g/mol. The van der Waals surface area contributed by atoms with Crippen LogP contribution in [0.15, 0.2) is 12.3 Å². The maximum absolute atomic E-state index is 11.6. The molecule has 0 saturated heterocycles. The number of anilines is 1. The molecule has 1 aromatic rings. The van der Waals surface area contributed by atoms with Crippen molar-refractivity contribution in [2.75, 3.05) is 25.0 Å². The van der Waals surface area contributed by atoms with Crippen LogP contribution in [-0.2, 0) is 9.59 Å². The summed E-state index contributed by atoms with van der Waals surface area (Å²) in [5, 5.41) is 9.37. The third kappa shape index (κ3) is 7.52. The average Bonchev–Trinajstić information content (AvgIpc) is 2.44. The Bertz CT molecular complexity index is 559. The molecule has 23 heavy (non-hydrogen) atoms. The molecular weight excluding hydrogens is 339 g/mol. The van der Waals surface area contributed by atoms with Gasteiger partial charge in [0.15, 0.2) is 0 Å². The molecule has 1 heterocycles. The quantitative estimate of drug-likeness (QED) is 0.652. The highest BCUT2D eigenvalue weighted by Gasteiger charge is 2.20. The molecule has 3 N–H and O–H groups in total. The molecule has 0 atom stereocenters. The Morgan fingerprint density at radius 3 is 2.43 bits per heavy atom. The van der Waals surface area contributed by atoms with Crippen molar-refractivity contribution >= 4 is 40.8 Å². The molecule has 0 radical (unpaired) electrons. The number of carbonyl (C=O) groups is 2. The maximum Gasteiger partial charge on any atom is 0.225 e. The van der Waals surface area contributed by atoms with Gasteiger partial charge in [0.25, 0.3) is 0 Å². The first-order chi connectivity index (χ1) is 10.7. The van der Waals surface area contributed by atoms with E-state index in [9.17, 15) is 9.59 Å². The second-order valence-electron chi connectivity index (χ2n) is 6.02. The minimum absolute atomic E-state index is 0.0737. The van der Waals surface area contributed by atoms with E-state index in [0.717, 1.165) is 0 Å². The minimum Gasteiger partial charge on any atom is -0.367 e. The van der Waals surface area contributed by atoms with Gasteiger partial charge in [-0.25, -0.2) is 4.98 Å². The van der Waals surface area contributed by atoms with E-state index >= 15 is 0 Å². The fraction of sp³-hybridized carbons (Fsp3) is 0.533. The van der Waals surface area contributed by atoms with E-state index in [1.165, 1.54) is 6.20 Å². The predicted octanol–water partition coefficient (Wildman–Crippen LogP) is 2.47. The number of halogens is 2. The molecule has 0 aliphatic carbocycles. The summed E-state index contributed by atoms with van der Waals surface area (Å²) in [7, 11) is 0. The Balaban J connectivity index is 2.18. The van der Waals surface area contributed by atoms with Crippen molar-refractivity contribution in [1.82, 2.24) is 15.6 Å². The molecule has 1 aromatic heterocycles. The summed E-state index contributed by atoms with van der Waals surface area (Å²) in [5.74, 6) is 0.314. The van der Waals surface area contributed by atoms with Gasteiger partial charge in [-0.2, -0.15) is 0 Å². The van der Waals surface area contributed by atoms with Crippen molar-refractivity contribution in [1.29, 1.82) is 0 Å². The van der Waals surface area contributed by atoms with Crippen LogP contribution in [0.5, 0.6) is 0 Å². The van der Waals surface area contributed by atoms with Gasteiger partial charge >= 0.3 is 0 Å². The summed E-state index contributed by atoms with van der Waals surface area (Å²) in [6.45, 7) is 6.69. The number of nitrogens with one attached hydrogen (secondary N) is 3. The first kappa shape index (κ1) is 19.5. The molecule has 0 unspecified atom stereocenters. The zero-order valence-electron chi connectivity index (χ0n) is 13.5. The second-order valence-corrected chi connectivity index (χ2v) is 6.86. The van der Waals surface area contributed by atoms with Gasteiger partial charge in [-0.05, 0) is 6.07 Å².